The van der Waals surface area contributed by atoms with Gasteiger partial charge in [0.1, 0.15) is 6.04 Å². The lowest BCUT2D eigenvalue weighted by Gasteiger charge is -2.39. The Kier molecular flexibility index (Phi) is 4.19. The number of para-hydroxylation sites is 1. The van der Waals surface area contributed by atoms with Crippen LogP contribution in [0, 0.1) is 0 Å². The Morgan fingerprint density at radius 2 is 2.00 bits per heavy atom. The smallest absolute Gasteiger partial charge is 0.290 e. The number of rotatable bonds is 3. The third kappa shape index (κ3) is 2.74. The summed E-state index contributed by atoms with van der Waals surface area (Å²) in [5, 5.41) is 0. The van der Waals surface area contributed by atoms with E-state index in [-0.39, 0.29) is 17.6 Å². The molecule has 5 heteroatoms. The quantitative estimate of drug-likeness (QED) is 0.875. The van der Waals surface area contributed by atoms with E-state index in [9.17, 15) is 9.59 Å². The average Bonchev–Trinajstić information content (AvgIpc) is 3.11. The SMILES string of the molecule is CCc1ccccc1N1CCN(C(=O)c2ccco2)[C@@H](C)C1=O. The maximum atomic E-state index is 12.8. The van der Waals surface area contributed by atoms with E-state index in [1.54, 1.807) is 28.9 Å². The topological polar surface area (TPSA) is 53.8 Å². The van der Waals surface area contributed by atoms with Gasteiger partial charge in [0, 0.05) is 18.8 Å². The van der Waals surface area contributed by atoms with Gasteiger partial charge in [0.25, 0.3) is 5.91 Å². The molecule has 0 saturated carbocycles. The van der Waals surface area contributed by atoms with Crippen LogP contribution in [0.1, 0.15) is 30.0 Å². The largest absolute Gasteiger partial charge is 0.459 e. The molecule has 1 saturated heterocycles. The van der Waals surface area contributed by atoms with Crippen LogP contribution in [0.25, 0.3) is 0 Å². The number of benzene rings is 1. The maximum absolute atomic E-state index is 12.8. The van der Waals surface area contributed by atoms with Crippen LogP contribution in [0.4, 0.5) is 5.69 Å². The highest BCUT2D eigenvalue weighted by Crippen LogP contribution is 2.25. The second-order valence-corrected chi connectivity index (χ2v) is 5.62. The predicted octanol–water partition coefficient (Wildman–Crippen LogP) is 2.72. The minimum Gasteiger partial charge on any atom is -0.459 e. The minimum absolute atomic E-state index is 0.0583. The summed E-state index contributed by atoms with van der Waals surface area (Å²) < 4.78 is 5.16. The summed E-state index contributed by atoms with van der Waals surface area (Å²) in [6, 6.07) is 10.7. The predicted molar refractivity (Wildman–Crippen MR) is 87.4 cm³/mol. The summed E-state index contributed by atoms with van der Waals surface area (Å²) in [5.41, 5.74) is 2.08. The fourth-order valence-corrected chi connectivity index (χ4v) is 3.00. The summed E-state index contributed by atoms with van der Waals surface area (Å²) in [6.45, 7) is 4.82. The van der Waals surface area contributed by atoms with Gasteiger partial charge in [0.05, 0.1) is 6.26 Å². The molecule has 0 bridgehead atoms. The van der Waals surface area contributed by atoms with Crippen molar-refractivity contribution in [2.24, 2.45) is 0 Å². The Balaban J connectivity index is 1.83. The van der Waals surface area contributed by atoms with Crippen molar-refractivity contribution < 1.29 is 14.0 Å². The van der Waals surface area contributed by atoms with Gasteiger partial charge in [-0.25, -0.2) is 0 Å². The van der Waals surface area contributed by atoms with E-state index in [1.165, 1.54) is 6.26 Å². The molecular formula is C18H20N2O3. The fourth-order valence-electron chi connectivity index (χ4n) is 3.00. The van der Waals surface area contributed by atoms with Gasteiger partial charge >= 0.3 is 0 Å². The normalized spacial score (nSPS) is 18.3. The molecule has 0 N–H and O–H groups in total. The summed E-state index contributed by atoms with van der Waals surface area (Å²) in [7, 11) is 0. The highest BCUT2D eigenvalue weighted by molar-refractivity contribution is 6.03. The number of aryl methyl sites for hydroxylation is 1. The zero-order valence-corrected chi connectivity index (χ0v) is 13.4. The number of hydrogen-bond donors (Lipinski definition) is 0. The van der Waals surface area contributed by atoms with Crippen molar-refractivity contribution in [3.05, 3.63) is 54.0 Å². The first kappa shape index (κ1) is 15.3. The molecule has 1 aromatic carbocycles. The van der Waals surface area contributed by atoms with Crippen LogP contribution in [-0.4, -0.2) is 35.8 Å². The second kappa shape index (κ2) is 6.28. The minimum atomic E-state index is -0.508. The summed E-state index contributed by atoms with van der Waals surface area (Å²) in [6.07, 6.45) is 2.33. The molecule has 2 heterocycles. The average molecular weight is 312 g/mol. The van der Waals surface area contributed by atoms with Gasteiger partial charge in [-0.1, -0.05) is 25.1 Å². The van der Waals surface area contributed by atoms with E-state index in [2.05, 4.69) is 6.92 Å². The lowest BCUT2D eigenvalue weighted by atomic mass is 10.1. The van der Waals surface area contributed by atoms with Crippen molar-refractivity contribution in [2.75, 3.05) is 18.0 Å². The van der Waals surface area contributed by atoms with E-state index < -0.39 is 6.04 Å². The lowest BCUT2D eigenvalue weighted by molar-refractivity contribution is -0.124. The van der Waals surface area contributed by atoms with Gasteiger partial charge in [0.15, 0.2) is 5.76 Å². The number of hydrogen-bond acceptors (Lipinski definition) is 3. The molecule has 3 rings (SSSR count). The van der Waals surface area contributed by atoms with Gasteiger partial charge < -0.3 is 14.2 Å². The standard InChI is InChI=1S/C18H20N2O3/c1-3-14-7-4-5-8-15(14)20-11-10-19(13(2)17(20)21)18(22)16-9-6-12-23-16/h4-9,12-13H,3,10-11H2,1-2H3/t13-/m0/s1. The highest BCUT2D eigenvalue weighted by Gasteiger charge is 2.36. The van der Waals surface area contributed by atoms with E-state index >= 15 is 0 Å². The number of amides is 2. The van der Waals surface area contributed by atoms with Crippen molar-refractivity contribution >= 4 is 17.5 Å². The Morgan fingerprint density at radius 3 is 2.70 bits per heavy atom. The van der Waals surface area contributed by atoms with Crippen molar-refractivity contribution in [3.63, 3.8) is 0 Å². The zero-order valence-electron chi connectivity index (χ0n) is 13.4. The number of furan rings is 1. The first-order valence-corrected chi connectivity index (χ1v) is 7.87. The number of piperazine rings is 1. The van der Waals surface area contributed by atoms with Gasteiger partial charge in [-0.2, -0.15) is 0 Å². The Bertz CT molecular complexity index is 709. The molecule has 120 valence electrons. The van der Waals surface area contributed by atoms with Crippen LogP contribution >= 0.6 is 0 Å². The monoisotopic (exact) mass is 312 g/mol. The van der Waals surface area contributed by atoms with Gasteiger partial charge in [-0.3, -0.25) is 9.59 Å². The van der Waals surface area contributed by atoms with E-state index in [4.69, 9.17) is 4.42 Å². The van der Waals surface area contributed by atoms with E-state index in [0.717, 1.165) is 17.7 Å². The molecule has 1 aromatic heterocycles. The molecule has 0 radical (unpaired) electrons. The van der Waals surface area contributed by atoms with E-state index in [0.29, 0.717) is 13.1 Å². The first-order chi connectivity index (χ1) is 11.1. The van der Waals surface area contributed by atoms with Crippen LogP contribution in [0.2, 0.25) is 0 Å². The van der Waals surface area contributed by atoms with Crippen LogP contribution < -0.4 is 4.90 Å². The van der Waals surface area contributed by atoms with E-state index in [1.807, 2.05) is 24.3 Å². The van der Waals surface area contributed by atoms with Crippen molar-refractivity contribution in [1.29, 1.82) is 0 Å². The number of carbonyl (C=O) groups excluding carboxylic acids is 2. The summed E-state index contributed by atoms with van der Waals surface area (Å²) in [5.74, 6) is -0.0246. The first-order valence-electron chi connectivity index (χ1n) is 7.87. The van der Waals surface area contributed by atoms with Crippen LogP contribution in [-0.2, 0) is 11.2 Å². The van der Waals surface area contributed by atoms with Gasteiger partial charge in [-0.15, -0.1) is 0 Å². The molecule has 0 spiro atoms. The fraction of sp³-hybridized carbons (Fsp3) is 0.333. The summed E-state index contributed by atoms with van der Waals surface area (Å²) in [4.78, 5) is 28.6. The molecule has 1 atom stereocenters. The van der Waals surface area contributed by atoms with Crippen LogP contribution in [0.5, 0.6) is 0 Å². The number of carbonyl (C=O) groups is 2. The molecule has 0 aliphatic carbocycles. The molecule has 1 fully saturated rings. The molecule has 1 aliphatic rings. The molecular weight excluding hydrogens is 292 g/mol. The van der Waals surface area contributed by atoms with Crippen molar-refractivity contribution in [2.45, 2.75) is 26.3 Å². The Labute approximate surface area is 135 Å². The van der Waals surface area contributed by atoms with Crippen LogP contribution in [0.3, 0.4) is 0 Å². The van der Waals surface area contributed by atoms with Crippen molar-refractivity contribution in [1.82, 2.24) is 4.90 Å². The second-order valence-electron chi connectivity index (χ2n) is 5.62. The third-order valence-corrected chi connectivity index (χ3v) is 4.31. The lowest BCUT2D eigenvalue weighted by Crippen LogP contribution is -2.57. The van der Waals surface area contributed by atoms with Crippen LogP contribution in [0.15, 0.2) is 47.1 Å². The number of anilines is 1. The summed E-state index contributed by atoms with van der Waals surface area (Å²) >= 11 is 0. The highest BCUT2D eigenvalue weighted by atomic mass is 16.3. The molecule has 23 heavy (non-hydrogen) atoms. The van der Waals surface area contributed by atoms with Crippen molar-refractivity contribution in [3.8, 4) is 0 Å². The number of nitrogens with zero attached hydrogens (tertiary/aromatic N) is 2. The molecule has 2 amide bonds. The Hall–Kier alpha value is -2.56. The molecule has 0 unspecified atom stereocenters. The van der Waals surface area contributed by atoms with Gasteiger partial charge in [-0.05, 0) is 37.1 Å². The third-order valence-electron chi connectivity index (χ3n) is 4.31. The molecule has 5 nitrogen and oxygen atoms in total. The molecule has 2 aromatic rings. The maximum Gasteiger partial charge on any atom is 0.290 e. The Morgan fingerprint density at radius 1 is 1.22 bits per heavy atom. The molecule has 1 aliphatic heterocycles. The van der Waals surface area contributed by atoms with Gasteiger partial charge in [0.2, 0.25) is 5.91 Å². The zero-order chi connectivity index (χ0) is 16.4.